The minimum Gasteiger partial charge on any atom is -0.367 e. The van der Waals surface area contributed by atoms with Gasteiger partial charge in [-0.25, -0.2) is 0 Å². The Kier molecular flexibility index (Phi) is 23.6. The Morgan fingerprint density at radius 3 is 2.04 bits per heavy atom. The van der Waals surface area contributed by atoms with Crippen molar-refractivity contribution in [1.82, 2.24) is 4.90 Å². The van der Waals surface area contributed by atoms with Gasteiger partial charge in [-0.15, -0.1) is 0 Å². The molecule has 0 N–H and O–H groups in total. The average molecular weight is 351 g/mol. The first-order valence-electron chi connectivity index (χ1n) is 10.2. The maximum absolute atomic E-state index is 4.54. The number of allylic oxidation sites excluding steroid dienone is 3. The van der Waals surface area contributed by atoms with E-state index in [2.05, 4.69) is 63.7 Å². The molecule has 0 aromatic rings. The highest BCUT2D eigenvalue weighted by molar-refractivity contribution is 5.79. The molecule has 0 rings (SSSR count). The van der Waals surface area contributed by atoms with Crippen molar-refractivity contribution in [3.8, 4) is 0 Å². The van der Waals surface area contributed by atoms with Crippen LogP contribution in [0, 0.1) is 0 Å². The fourth-order valence-corrected chi connectivity index (χ4v) is 2.32. The van der Waals surface area contributed by atoms with E-state index in [0.717, 1.165) is 24.4 Å². The summed E-state index contributed by atoms with van der Waals surface area (Å²) in [4.78, 5) is 6.84. The molecule has 0 aromatic carbocycles. The first-order chi connectivity index (χ1) is 12.0. The first-order valence-corrected chi connectivity index (χ1v) is 10.2. The molecule has 0 aliphatic heterocycles. The van der Waals surface area contributed by atoms with Crippen molar-refractivity contribution in [2.24, 2.45) is 4.99 Å². The lowest BCUT2D eigenvalue weighted by molar-refractivity contribution is 0.274. The molecule has 0 radical (unpaired) electrons. The number of nitrogens with zero attached hydrogens (tertiary/aromatic N) is 2. The molecule has 2 heteroatoms. The smallest absolute Gasteiger partial charge is 0.0595 e. The molecule has 0 bridgehead atoms. The molecule has 0 saturated heterocycles. The molecule has 1 atom stereocenters. The summed E-state index contributed by atoms with van der Waals surface area (Å²) in [5, 5.41) is 0. The lowest BCUT2D eigenvalue weighted by atomic mass is 10.1. The van der Waals surface area contributed by atoms with Crippen LogP contribution < -0.4 is 0 Å². The number of rotatable bonds is 11. The van der Waals surface area contributed by atoms with Crippen molar-refractivity contribution in [2.45, 2.75) is 100 Å². The minimum absolute atomic E-state index is 0.487. The van der Waals surface area contributed by atoms with Gasteiger partial charge in [-0.2, -0.15) is 0 Å². The average Bonchev–Trinajstić information content (AvgIpc) is 2.63. The van der Waals surface area contributed by atoms with Crippen LogP contribution in [0.25, 0.3) is 0 Å². The van der Waals surface area contributed by atoms with Gasteiger partial charge in [0.25, 0.3) is 0 Å². The molecular formula is C23H46N2. The maximum atomic E-state index is 4.54. The van der Waals surface area contributed by atoms with E-state index in [4.69, 9.17) is 0 Å². The van der Waals surface area contributed by atoms with Gasteiger partial charge in [0.15, 0.2) is 0 Å². The molecule has 1 unspecified atom stereocenters. The number of aliphatic imine (C=N–C) groups is 1. The van der Waals surface area contributed by atoms with Gasteiger partial charge in [0, 0.05) is 18.0 Å². The van der Waals surface area contributed by atoms with Crippen molar-refractivity contribution in [3.63, 3.8) is 0 Å². The normalized spacial score (nSPS) is 11.8. The van der Waals surface area contributed by atoms with Gasteiger partial charge in [-0.3, -0.25) is 4.99 Å². The third-order valence-electron chi connectivity index (χ3n) is 3.68. The Bertz CT molecular complexity index is 378. The summed E-state index contributed by atoms with van der Waals surface area (Å²) >= 11 is 0. The zero-order valence-corrected chi connectivity index (χ0v) is 18.8. The Hall–Kier alpha value is -1.31. The van der Waals surface area contributed by atoms with Crippen LogP contribution in [-0.2, 0) is 0 Å². The van der Waals surface area contributed by atoms with E-state index in [1.165, 1.54) is 31.3 Å². The van der Waals surface area contributed by atoms with Gasteiger partial charge >= 0.3 is 0 Å². The van der Waals surface area contributed by atoms with Crippen LogP contribution in [-0.4, -0.2) is 23.7 Å². The van der Waals surface area contributed by atoms with Gasteiger partial charge in [0.2, 0.25) is 0 Å². The largest absolute Gasteiger partial charge is 0.367 e. The van der Waals surface area contributed by atoms with Crippen LogP contribution in [0.5, 0.6) is 0 Å². The van der Waals surface area contributed by atoms with E-state index >= 15 is 0 Å². The Balaban J connectivity index is -0.00000112. The molecular weight excluding hydrogens is 304 g/mol. The third-order valence-corrected chi connectivity index (χ3v) is 3.68. The lowest BCUT2D eigenvalue weighted by Gasteiger charge is -2.31. The molecule has 0 spiro atoms. The van der Waals surface area contributed by atoms with Gasteiger partial charge in [-0.1, -0.05) is 73.6 Å². The SMILES string of the molecule is C=C(CN(C(=C)C)C(C)CCC)N=C/C(=C\C)CCCC.CC.CC. The molecule has 148 valence electrons. The summed E-state index contributed by atoms with van der Waals surface area (Å²) in [5.74, 6) is 0. The third kappa shape index (κ3) is 15.9. The minimum atomic E-state index is 0.487. The molecule has 0 saturated carbocycles. The van der Waals surface area contributed by atoms with Crippen LogP contribution in [0.4, 0.5) is 0 Å². The van der Waals surface area contributed by atoms with Gasteiger partial charge < -0.3 is 4.90 Å². The quantitative estimate of drug-likeness (QED) is 0.347. The Morgan fingerprint density at radius 1 is 1.08 bits per heavy atom. The van der Waals surface area contributed by atoms with E-state index in [0.29, 0.717) is 6.04 Å². The van der Waals surface area contributed by atoms with Gasteiger partial charge in [-0.05, 0) is 45.6 Å². The van der Waals surface area contributed by atoms with E-state index in [1.54, 1.807) is 0 Å². The fraction of sp³-hybridized carbons (Fsp3) is 0.696. The molecule has 0 aromatic heterocycles. The highest BCUT2D eigenvalue weighted by atomic mass is 15.2. The van der Waals surface area contributed by atoms with E-state index in [1.807, 2.05) is 33.9 Å². The Morgan fingerprint density at radius 2 is 1.64 bits per heavy atom. The molecule has 25 heavy (non-hydrogen) atoms. The summed E-state index contributed by atoms with van der Waals surface area (Å²) in [6.45, 7) is 27.7. The van der Waals surface area contributed by atoms with Crippen molar-refractivity contribution < 1.29 is 0 Å². The van der Waals surface area contributed by atoms with Crippen LogP contribution in [0.15, 0.2) is 41.2 Å². The van der Waals surface area contributed by atoms with Crippen molar-refractivity contribution >= 4 is 6.21 Å². The van der Waals surface area contributed by atoms with E-state index < -0.39 is 0 Å². The van der Waals surface area contributed by atoms with Crippen molar-refractivity contribution in [2.75, 3.05) is 6.54 Å². The van der Waals surface area contributed by atoms with Crippen LogP contribution in [0.1, 0.15) is 94.4 Å². The molecule has 0 aliphatic carbocycles. The second-order valence-electron chi connectivity index (χ2n) is 5.79. The Labute approximate surface area is 159 Å². The van der Waals surface area contributed by atoms with E-state index in [-0.39, 0.29) is 0 Å². The lowest BCUT2D eigenvalue weighted by Crippen LogP contribution is -2.32. The van der Waals surface area contributed by atoms with Crippen molar-refractivity contribution in [1.29, 1.82) is 0 Å². The van der Waals surface area contributed by atoms with E-state index in [9.17, 15) is 0 Å². The summed E-state index contributed by atoms with van der Waals surface area (Å²) in [5.41, 5.74) is 3.28. The number of hydrogen-bond acceptors (Lipinski definition) is 2. The predicted molar refractivity (Wildman–Crippen MR) is 120 cm³/mol. The van der Waals surface area contributed by atoms with Crippen LogP contribution in [0.2, 0.25) is 0 Å². The zero-order valence-electron chi connectivity index (χ0n) is 18.8. The monoisotopic (exact) mass is 350 g/mol. The second kappa shape index (κ2) is 20.7. The van der Waals surface area contributed by atoms with Crippen LogP contribution >= 0.6 is 0 Å². The molecule has 0 fully saturated rings. The van der Waals surface area contributed by atoms with Crippen molar-refractivity contribution in [3.05, 3.63) is 36.2 Å². The topological polar surface area (TPSA) is 15.6 Å². The molecule has 0 aliphatic rings. The second-order valence-corrected chi connectivity index (χ2v) is 5.79. The highest BCUT2D eigenvalue weighted by Crippen LogP contribution is 2.15. The number of unbranched alkanes of at least 4 members (excludes halogenated alkanes) is 1. The fourth-order valence-electron chi connectivity index (χ4n) is 2.32. The summed E-state index contributed by atoms with van der Waals surface area (Å²) in [7, 11) is 0. The summed E-state index contributed by atoms with van der Waals surface area (Å²) in [6.07, 6.45) is 9.98. The summed E-state index contributed by atoms with van der Waals surface area (Å²) in [6, 6.07) is 0.487. The zero-order chi connectivity index (χ0) is 20.3. The maximum Gasteiger partial charge on any atom is 0.0595 e. The standard InChI is InChI=1S/C19H34N2.2C2H6/c1-8-11-13-19(10-3)14-20-17(6)15-21(16(4)5)18(7)12-9-2;2*1-2/h10,14,18H,4,6,8-9,11-13,15H2,1-3,5,7H3;2*1-2H3/b19-10-,20-14?;;. The molecule has 0 heterocycles. The molecule has 2 nitrogen and oxygen atoms in total. The van der Waals surface area contributed by atoms with Gasteiger partial charge in [0.1, 0.15) is 0 Å². The van der Waals surface area contributed by atoms with Crippen LogP contribution in [0.3, 0.4) is 0 Å². The predicted octanol–water partition coefficient (Wildman–Crippen LogP) is 7.78. The first kappa shape index (κ1) is 28.5. The summed E-state index contributed by atoms with van der Waals surface area (Å²) < 4.78 is 0. The number of hydrogen-bond donors (Lipinski definition) is 0. The molecule has 0 amide bonds. The highest BCUT2D eigenvalue weighted by Gasteiger charge is 2.13. The van der Waals surface area contributed by atoms with Gasteiger partial charge in [0.05, 0.1) is 12.2 Å².